The van der Waals surface area contributed by atoms with E-state index >= 15 is 0 Å². The zero-order valence-electron chi connectivity index (χ0n) is 8.46. The normalized spacial score (nSPS) is 12.7. The van der Waals surface area contributed by atoms with Crippen molar-refractivity contribution < 1.29 is 9.90 Å². The molecule has 0 fully saturated rings. The molecule has 1 aromatic heterocycles. The molecule has 1 aromatic rings. The van der Waals surface area contributed by atoms with Crippen LogP contribution < -0.4 is 5.73 Å². The summed E-state index contributed by atoms with van der Waals surface area (Å²) in [5.74, 6) is 1.36. The molecule has 0 aliphatic heterocycles. The highest BCUT2D eigenvalue weighted by Crippen LogP contribution is 2.10. The van der Waals surface area contributed by atoms with Crippen molar-refractivity contribution in [1.29, 1.82) is 0 Å². The number of carbonyl (C=O) groups is 1. The largest absolute Gasteiger partial charge is 0.480 e. The molecular formula is C8H14N4O2S. The van der Waals surface area contributed by atoms with Gasteiger partial charge in [0.15, 0.2) is 0 Å². The quantitative estimate of drug-likeness (QED) is 0.660. The summed E-state index contributed by atoms with van der Waals surface area (Å²) in [6.07, 6.45) is 2.11. The van der Waals surface area contributed by atoms with Gasteiger partial charge in [0, 0.05) is 7.05 Å². The van der Waals surface area contributed by atoms with Gasteiger partial charge in [-0.1, -0.05) is 0 Å². The molecular weight excluding hydrogens is 216 g/mol. The summed E-state index contributed by atoms with van der Waals surface area (Å²) >= 11 is 1.60. The van der Waals surface area contributed by atoms with Crippen molar-refractivity contribution in [2.24, 2.45) is 12.8 Å². The van der Waals surface area contributed by atoms with E-state index in [2.05, 4.69) is 10.2 Å². The van der Waals surface area contributed by atoms with Gasteiger partial charge in [-0.2, -0.15) is 11.8 Å². The molecule has 84 valence electrons. The summed E-state index contributed by atoms with van der Waals surface area (Å²) in [7, 11) is 1.87. The van der Waals surface area contributed by atoms with Gasteiger partial charge in [-0.3, -0.25) is 4.79 Å². The first kappa shape index (κ1) is 12.0. The van der Waals surface area contributed by atoms with Crippen LogP contribution in [0.4, 0.5) is 0 Å². The molecule has 0 radical (unpaired) electrons. The Hall–Kier alpha value is -1.08. The number of carboxylic acids is 1. The first-order valence-corrected chi connectivity index (χ1v) is 5.65. The van der Waals surface area contributed by atoms with E-state index in [0.29, 0.717) is 12.2 Å². The Labute approximate surface area is 91.9 Å². The zero-order valence-corrected chi connectivity index (χ0v) is 9.28. The summed E-state index contributed by atoms with van der Waals surface area (Å²) in [6.45, 7) is 0. The average molecular weight is 230 g/mol. The van der Waals surface area contributed by atoms with Crippen LogP contribution in [0.2, 0.25) is 0 Å². The smallest absolute Gasteiger partial charge is 0.320 e. The molecule has 1 unspecified atom stereocenters. The van der Waals surface area contributed by atoms with Crippen molar-refractivity contribution in [3.05, 3.63) is 12.2 Å². The lowest BCUT2D eigenvalue weighted by molar-refractivity contribution is -0.138. The Morgan fingerprint density at radius 3 is 3.07 bits per heavy atom. The predicted molar refractivity (Wildman–Crippen MR) is 57.4 cm³/mol. The van der Waals surface area contributed by atoms with Crippen molar-refractivity contribution in [3.8, 4) is 0 Å². The third-order valence-electron chi connectivity index (χ3n) is 1.93. The molecule has 15 heavy (non-hydrogen) atoms. The molecule has 0 aliphatic rings. The summed E-state index contributed by atoms with van der Waals surface area (Å²) < 4.78 is 1.84. The molecule has 3 N–H and O–H groups in total. The number of rotatable bonds is 6. The molecule has 0 saturated heterocycles. The van der Waals surface area contributed by atoms with Crippen LogP contribution in [0.5, 0.6) is 0 Å². The third-order valence-corrected chi connectivity index (χ3v) is 2.91. The molecule has 0 bridgehead atoms. The topological polar surface area (TPSA) is 94.0 Å². The SMILES string of the molecule is Cn1cnnc1CSCCC(N)C(=O)O. The summed E-state index contributed by atoms with van der Waals surface area (Å²) in [5.41, 5.74) is 5.36. The van der Waals surface area contributed by atoms with Gasteiger partial charge < -0.3 is 15.4 Å². The Morgan fingerprint density at radius 2 is 2.53 bits per heavy atom. The van der Waals surface area contributed by atoms with Crippen molar-refractivity contribution in [2.75, 3.05) is 5.75 Å². The minimum atomic E-state index is -0.950. The fourth-order valence-electron chi connectivity index (χ4n) is 0.935. The van der Waals surface area contributed by atoms with Gasteiger partial charge in [-0.15, -0.1) is 10.2 Å². The number of nitrogens with two attached hydrogens (primary N) is 1. The number of nitrogens with zero attached hydrogens (tertiary/aromatic N) is 3. The van der Waals surface area contributed by atoms with E-state index in [1.165, 1.54) is 0 Å². The number of hydrogen-bond acceptors (Lipinski definition) is 5. The maximum absolute atomic E-state index is 10.4. The maximum Gasteiger partial charge on any atom is 0.320 e. The van der Waals surface area contributed by atoms with Crippen molar-refractivity contribution in [3.63, 3.8) is 0 Å². The van der Waals surface area contributed by atoms with Crippen LogP contribution in [-0.4, -0.2) is 37.6 Å². The van der Waals surface area contributed by atoms with Crippen LogP contribution in [0.1, 0.15) is 12.2 Å². The standard InChI is InChI=1S/C8H14N4O2S/c1-12-5-10-11-7(12)4-15-3-2-6(9)8(13)14/h5-6H,2-4,9H2,1H3,(H,13,14). The minimum absolute atomic E-state index is 0.470. The van der Waals surface area contributed by atoms with Crippen LogP contribution in [0, 0.1) is 0 Å². The van der Waals surface area contributed by atoms with E-state index in [-0.39, 0.29) is 0 Å². The highest BCUT2D eigenvalue weighted by Gasteiger charge is 2.10. The Kier molecular flexibility index (Phi) is 4.57. The highest BCUT2D eigenvalue weighted by atomic mass is 32.2. The number of carboxylic acid groups (broad SMARTS) is 1. The minimum Gasteiger partial charge on any atom is -0.480 e. The molecule has 0 saturated carbocycles. The lowest BCUT2D eigenvalue weighted by Crippen LogP contribution is -2.30. The molecule has 0 spiro atoms. The van der Waals surface area contributed by atoms with E-state index in [1.807, 2.05) is 11.6 Å². The lowest BCUT2D eigenvalue weighted by atomic mass is 10.2. The van der Waals surface area contributed by atoms with Crippen molar-refractivity contribution in [2.45, 2.75) is 18.2 Å². The highest BCUT2D eigenvalue weighted by molar-refractivity contribution is 7.98. The first-order valence-electron chi connectivity index (χ1n) is 4.50. The molecule has 0 aromatic carbocycles. The average Bonchev–Trinajstić information content (AvgIpc) is 2.58. The van der Waals surface area contributed by atoms with Gasteiger partial charge in [-0.25, -0.2) is 0 Å². The van der Waals surface area contributed by atoms with Crippen LogP contribution in [-0.2, 0) is 17.6 Å². The van der Waals surface area contributed by atoms with Gasteiger partial charge in [0.25, 0.3) is 0 Å². The Morgan fingerprint density at radius 1 is 1.80 bits per heavy atom. The molecule has 0 aliphatic carbocycles. The second kappa shape index (κ2) is 5.72. The van der Waals surface area contributed by atoms with E-state index in [4.69, 9.17) is 10.8 Å². The number of aromatic nitrogens is 3. The monoisotopic (exact) mass is 230 g/mol. The van der Waals surface area contributed by atoms with E-state index < -0.39 is 12.0 Å². The Balaban J connectivity index is 2.17. The predicted octanol–water partition coefficient (Wildman–Crippen LogP) is -0.150. The summed E-state index contributed by atoms with van der Waals surface area (Å²) in [4.78, 5) is 10.4. The van der Waals surface area contributed by atoms with E-state index in [0.717, 1.165) is 11.6 Å². The maximum atomic E-state index is 10.4. The summed E-state index contributed by atoms with van der Waals surface area (Å²) in [5, 5.41) is 16.2. The molecule has 0 amide bonds. The number of aryl methyl sites for hydroxylation is 1. The van der Waals surface area contributed by atoms with Crippen LogP contribution in [0.15, 0.2) is 6.33 Å². The van der Waals surface area contributed by atoms with Gasteiger partial charge in [0.1, 0.15) is 18.2 Å². The van der Waals surface area contributed by atoms with Crippen molar-refractivity contribution >= 4 is 17.7 Å². The fourth-order valence-corrected chi connectivity index (χ4v) is 1.94. The molecule has 1 heterocycles. The van der Waals surface area contributed by atoms with Crippen LogP contribution in [0.3, 0.4) is 0 Å². The molecule has 1 rings (SSSR count). The lowest BCUT2D eigenvalue weighted by Gasteiger charge is -2.05. The number of thioether (sulfide) groups is 1. The fraction of sp³-hybridized carbons (Fsp3) is 0.625. The van der Waals surface area contributed by atoms with Gasteiger partial charge in [0.2, 0.25) is 0 Å². The number of hydrogen-bond donors (Lipinski definition) is 2. The second-order valence-electron chi connectivity index (χ2n) is 3.14. The van der Waals surface area contributed by atoms with Gasteiger partial charge >= 0.3 is 5.97 Å². The van der Waals surface area contributed by atoms with Gasteiger partial charge in [0.05, 0.1) is 5.75 Å². The molecule has 6 nitrogen and oxygen atoms in total. The van der Waals surface area contributed by atoms with E-state index in [1.54, 1.807) is 18.1 Å². The van der Waals surface area contributed by atoms with Gasteiger partial charge in [-0.05, 0) is 12.2 Å². The van der Waals surface area contributed by atoms with Crippen LogP contribution in [0.25, 0.3) is 0 Å². The zero-order chi connectivity index (χ0) is 11.3. The molecule has 7 heteroatoms. The van der Waals surface area contributed by atoms with Crippen molar-refractivity contribution in [1.82, 2.24) is 14.8 Å². The molecule has 1 atom stereocenters. The first-order chi connectivity index (χ1) is 7.11. The van der Waals surface area contributed by atoms with E-state index in [9.17, 15) is 4.79 Å². The Bertz CT molecular complexity index is 328. The second-order valence-corrected chi connectivity index (χ2v) is 4.25. The summed E-state index contributed by atoms with van der Waals surface area (Å²) in [6, 6.07) is -0.767. The van der Waals surface area contributed by atoms with Crippen LogP contribution >= 0.6 is 11.8 Å². The third kappa shape index (κ3) is 3.88. The number of aliphatic carboxylic acids is 1.